The van der Waals surface area contributed by atoms with Crippen molar-refractivity contribution in [2.45, 2.75) is 79.9 Å². The average molecular weight is 2520 g/mol. The number of hydrogen-bond acceptors (Lipinski definition) is 24. The SMILES string of the molecule is CCc1c[c-]ccc1OCc1c(F)cccc1-n1nnn(C)c1=O.Cc1[c-]cc(C)c(OCc2c(F)cccc2-n2nnn(C)c2=O)c1.Cc1c[c-]ccc1OCc1c(F)cccc1-n1nnn(C)c1=O.Cn1nnn(-c2cccc(F)c2COc2cc[c-]cc2C(F)(F)F)c1=O.Cn1nnn(-c2cccc(F)c2COc2cc[c-]cc2Cl)c1=O.Cn1nnn(-c2cccc(F)c2COc2cc[c-]cc2F)c1=O.[Y].[Y].[Y].[Y].[Y].[Y]. The van der Waals surface area contributed by atoms with Gasteiger partial charge in [0.2, 0.25) is 0 Å². The Kier molecular flexibility index (Phi) is 49.0. The molecule has 36 nitrogen and oxygen atoms in total. The van der Waals surface area contributed by atoms with E-state index in [0.29, 0.717) is 45.1 Å². The number of aromatic nitrogens is 24. The van der Waals surface area contributed by atoms with Gasteiger partial charge < -0.3 is 28.4 Å². The molecular weight excluding hydrogens is 2440 g/mol. The van der Waals surface area contributed by atoms with E-state index < -0.39 is 99.0 Å². The molecule has 0 saturated carbocycles. The normalized spacial score (nSPS) is 10.5. The first-order valence-electron chi connectivity index (χ1n) is 42.3. The van der Waals surface area contributed by atoms with E-state index in [4.69, 9.17) is 40.0 Å². The van der Waals surface area contributed by atoms with Crippen molar-refractivity contribution in [2.75, 3.05) is 0 Å². The molecule has 0 aliphatic carbocycles. The van der Waals surface area contributed by atoms with E-state index in [-0.39, 0.29) is 285 Å². The number of halogens is 11. The van der Waals surface area contributed by atoms with Crippen LogP contribution < -0.4 is 62.6 Å². The second kappa shape index (κ2) is 58.5. The Morgan fingerprint density at radius 3 is 0.852 bits per heavy atom. The molecule has 18 aromatic rings. The molecule has 756 valence electrons. The van der Waals surface area contributed by atoms with Gasteiger partial charge >= 0.3 is 40.3 Å². The van der Waals surface area contributed by atoms with E-state index in [1.807, 2.05) is 45.9 Å². The van der Waals surface area contributed by atoms with Crippen molar-refractivity contribution < 1.29 is 269 Å². The Morgan fingerprint density at radius 2 is 0.550 bits per heavy atom. The van der Waals surface area contributed by atoms with Crippen molar-refractivity contribution in [1.82, 2.24) is 119 Å². The molecule has 0 aliphatic heterocycles. The summed E-state index contributed by atoms with van der Waals surface area (Å²) < 4.78 is 183. The maximum absolute atomic E-state index is 14.3. The fraction of sp³-hybridized carbons (Fsp3) is 0.188. The van der Waals surface area contributed by atoms with E-state index >= 15 is 0 Å². The maximum atomic E-state index is 14.3. The van der Waals surface area contributed by atoms with Crippen LogP contribution in [-0.2, 0) is 291 Å². The molecule has 6 heterocycles. The van der Waals surface area contributed by atoms with Crippen LogP contribution in [-0.4, -0.2) is 119 Å². The molecule has 0 N–H and O–H groups in total. The molecule has 0 spiro atoms. The van der Waals surface area contributed by atoms with Crippen LogP contribution in [0.4, 0.5) is 43.9 Å². The second-order valence-corrected chi connectivity index (χ2v) is 30.7. The number of nitrogens with zero attached hydrogens (tertiary/aromatic N) is 24. The number of benzene rings is 12. The van der Waals surface area contributed by atoms with Gasteiger partial charge in [-0.2, -0.15) is 184 Å². The largest absolute Gasteiger partial charge is 0.514 e. The first-order chi connectivity index (χ1) is 68.6. The topological polar surface area (TPSA) is 372 Å². The van der Waals surface area contributed by atoms with Crippen molar-refractivity contribution in [1.29, 1.82) is 0 Å². The van der Waals surface area contributed by atoms with Crippen molar-refractivity contribution in [3.05, 3.63) is 419 Å². The number of ether oxygens (including phenoxy) is 6. The van der Waals surface area contributed by atoms with Gasteiger partial charge in [0.1, 0.15) is 74.5 Å². The molecule has 0 bridgehead atoms. The summed E-state index contributed by atoms with van der Waals surface area (Å²) >= 11 is 5.98. The monoisotopic (exact) mass is 2520 g/mol. The molecule has 18 rings (SSSR count). The third-order valence-electron chi connectivity index (χ3n) is 20.7. The van der Waals surface area contributed by atoms with E-state index in [1.54, 1.807) is 72.8 Å². The first-order valence-corrected chi connectivity index (χ1v) is 42.7. The van der Waals surface area contributed by atoms with E-state index in [2.05, 4.69) is 99.0 Å². The van der Waals surface area contributed by atoms with E-state index in [9.17, 15) is 72.7 Å². The van der Waals surface area contributed by atoms with Crippen LogP contribution in [0.1, 0.15) is 68.1 Å². The van der Waals surface area contributed by atoms with Gasteiger partial charge in [-0.15, -0.1) is 59.2 Å². The molecule has 0 saturated heterocycles. The summed E-state index contributed by atoms with van der Waals surface area (Å²) in [7, 11) is 8.68. The van der Waals surface area contributed by atoms with Gasteiger partial charge in [0.25, 0.3) is 0 Å². The Labute approximate surface area is 996 Å². The average Bonchev–Trinajstić information content (AvgIpc) is 1.79. The van der Waals surface area contributed by atoms with Gasteiger partial charge in [0.05, 0.1) is 67.5 Å². The van der Waals surface area contributed by atoms with Crippen molar-refractivity contribution in [2.24, 2.45) is 42.3 Å². The Bertz CT molecular complexity index is 7620. The Morgan fingerprint density at radius 1 is 0.295 bits per heavy atom. The number of hydrogen-bond donors (Lipinski definition) is 0. The number of tetrazole rings is 6. The van der Waals surface area contributed by atoms with Gasteiger partial charge in [0.15, 0.2) is 0 Å². The second-order valence-electron chi connectivity index (χ2n) is 30.3. The third kappa shape index (κ3) is 31.6. The van der Waals surface area contributed by atoms with Crippen molar-refractivity contribution in [3.63, 3.8) is 0 Å². The standard InChI is InChI=1S/2C17H16FN4O2.C16H11F4N4O2.C16H14FN4O2.C15H11ClFN4O2.C15H11F2N4O2.6Y/c1-11-7-8-12(2)16(9-11)24-10-13-14(18)5-4-6-15(13)22-17(23)21(3)19-20-22;1-3-12-7-4-5-10-16(12)24-11-13-14(18)8-6-9-15(13)22-17(23)21(2)19-20-22;1-23-15(25)24(22-21-23)13-7-4-6-12(17)10(13)9-26-14-8-3-2-5-11(14)16(18,19)20;1-11-6-3-4-9-15(11)23-10-12-13(17)7-5-8-14(12)21-16(22)20(2)18-19-21;1-20-15(22)21(19-18-20)13-7-4-6-12(17)10(13)9-23-14-8-3-2-5-11(14)16;1-20-15(22)21(19-18-20)13-7-4-6-11(16)10(13)9-23-14-8-3-2-5-12(14)17;;;;;;/h4-6,8-9H,10H2,1-3H3;5-10H,3,11H2,1-2H3;3-8H,9H2,1H3;4-9H,10H2,1-2H3;2*3-8H,9H2,1H3;;;;;;/q6*-1;;;;;;. The van der Waals surface area contributed by atoms with Crippen LogP contribution in [0.15, 0.2) is 241 Å². The Balaban J connectivity index is 0.000000240. The molecular formula is C96H79ClF10N24O12Y6-6. The fourth-order valence-electron chi connectivity index (χ4n) is 13.1. The summed E-state index contributed by atoms with van der Waals surface area (Å²) in [6.07, 6.45) is -3.87. The number of rotatable bonds is 25. The molecule has 0 unspecified atom stereocenters. The molecule has 0 fully saturated rings. The zero-order valence-corrected chi connectivity index (χ0v) is 98.2. The maximum Gasteiger partial charge on any atom is 0.373 e. The number of aryl methyl sites for hydroxylation is 10. The van der Waals surface area contributed by atoms with Crippen LogP contribution in [0.5, 0.6) is 34.5 Å². The minimum Gasteiger partial charge on any atom is -0.514 e. The molecule has 0 aliphatic rings. The molecule has 6 radical (unpaired) electrons. The first kappa shape index (κ1) is 125. The minimum absolute atomic E-state index is 0. The van der Waals surface area contributed by atoms with Crippen molar-refractivity contribution >= 4 is 11.6 Å². The van der Waals surface area contributed by atoms with Gasteiger partial charge in [-0.25, -0.2) is 55.1 Å². The summed E-state index contributed by atoms with van der Waals surface area (Å²) in [5.74, 6) is -2.06. The summed E-state index contributed by atoms with van der Waals surface area (Å²) in [6.45, 7) is 6.65. The molecule has 12 aromatic carbocycles. The predicted molar refractivity (Wildman–Crippen MR) is 491 cm³/mol. The van der Waals surface area contributed by atoms with Gasteiger partial charge in [-0.05, 0) is 146 Å². The van der Waals surface area contributed by atoms with Crippen molar-refractivity contribution in [3.8, 4) is 68.6 Å². The summed E-state index contributed by atoms with van der Waals surface area (Å²) in [4.78, 5) is 72.0. The zero-order valence-electron chi connectivity index (χ0n) is 80.4. The van der Waals surface area contributed by atoms with Crippen LogP contribution in [0.25, 0.3) is 34.1 Å². The Hall–Kier alpha value is -11.1. The quantitative estimate of drug-likeness (QED) is 0.0379. The molecule has 149 heavy (non-hydrogen) atoms. The van der Waals surface area contributed by atoms with Gasteiger partial charge in [0, 0.05) is 279 Å². The minimum atomic E-state index is -4.65. The summed E-state index contributed by atoms with van der Waals surface area (Å²) in [6, 6.07) is 68.5. The molecule has 0 amide bonds. The number of alkyl halides is 3. The van der Waals surface area contributed by atoms with Gasteiger partial charge in [-0.3, -0.25) is 4.39 Å². The van der Waals surface area contributed by atoms with E-state index in [1.165, 1.54) is 139 Å². The van der Waals surface area contributed by atoms with Crippen LogP contribution in [0.3, 0.4) is 0 Å². The summed E-state index contributed by atoms with van der Waals surface area (Å²) in [5.41, 5.74) is 1.90. The summed E-state index contributed by atoms with van der Waals surface area (Å²) in [5, 5.41) is 44.4. The van der Waals surface area contributed by atoms with Crippen LogP contribution in [0, 0.1) is 97.9 Å². The third-order valence-corrected chi connectivity index (χ3v) is 21.0. The molecule has 0 atom stereocenters. The fourth-order valence-corrected chi connectivity index (χ4v) is 13.3. The smallest absolute Gasteiger partial charge is 0.373 e. The molecule has 6 aromatic heterocycles. The van der Waals surface area contributed by atoms with E-state index in [0.717, 1.165) is 109 Å². The van der Waals surface area contributed by atoms with Gasteiger partial charge in [-0.1, -0.05) is 70.5 Å². The zero-order chi connectivity index (χ0) is 102. The van der Waals surface area contributed by atoms with Crippen LogP contribution in [0.2, 0.25) is 5.02 Å². The molecule has 53 heteroatoms. The predicted octanol–water partition coefficient (Wildman–Crippen LogP) is 12.2. The van der Waals surface area contributed by atoms with Crippen LogP contribution >= 0.6 is 11.6 Å².